The summed E-state index contributed by atoms with van der Waals surface area (Å²) in [6, 6.07) is 19.5. The molecule has 4 aliphatic rings. The fourth-order valence-corrected chi connectivity index (χ4v) is 13.2. The van der Waals surface area contributed by atoms with Crippen molar-refractivity contribution in [2.24, 2.45) is 5.92 Å². The number of amides is 6. The Bertz CT molecular complexity index is 3300. The van der Waals surface area contributed by atoms with Gasteiger partial charge in [0.1, 0.15) is 34.0 Å². The van der Waals surface area contributed by atoms with Gasteiger partial charge in [0, 0.05) is 88.7 Å². The number of para-hydroxylation sites is 1. The Balaban J connectivity index is 0.616. The molecule has 7 aromatic rings. The molecule has 5 atom stereocenters. The van der Waals surface area contributed by atoms with E-state index in [0.717, 1.165) is 162 Å². The van der Waals surface area contributed by atoms with E-state index in [2.05, 4.69) is 112 Å². The predicted molar refractivity (Wildman–Crippen MR) is 302 cm³/mol. The van der Waals surface area contributed by atoms with Gasteiger partial charge in [-0.05, 0) is 135 Å². The molecule has 0 radical (unpaired) electrons. The Morgan fingerprint density at radius 2 is 1.31 bits per heavy atom. The molecule has 0 bridgehead atoms. The Kier molecular flexibility index (Phi) is 15.4. The zero-order valence-corrected chi connectivity index (χ0v) is 46.7. The molecule has 2 aliphatic heterocycles. The number of rotatable bonds is 15. The minimum atomic E-state index is -0.333. The van der Waals surface area contributed by atoms with Gasteiger partial charge in [-0.1, -0.05) is 61.7 Å². The summed E-state index contributed by atoms with van der Waals surface area (Å²) in [4.78, 5) is 42.5. The number of H-pyrrole nitrogens is 1. The van der Waals surface area contributed by atoms with Gasteiger partial charge in [0.15, 0.2) is 0 Å². The molecule has 16 nitrogen and oxygen atoms in total. The van der Waals surface area contributed by atoms with Crippen molar-refractivity contribution in [2.75, 3.05) is 26.2 Å². The molecule has 1 spiro atoms. The number of fused-ring (bicyclic) bond motifs is 4. The van der Waals surface area contributed by atoms with Crippen LogP contribution in [0.1, 0.15) is 161 Å². The van der Waals surface area contributed by atoms with E-state index >= 15 is 0 Å². The number of furan rings is 3. The number of carbonyl (C=O) groups excluding carboxylic acids is 3. The van der Waals surface area contributed by atoms with Gasteiger partial charge in [-0.2, -0.15) is 5.10 Å². The number of hydrogen-bond donors (Lipinski definition) is 7. The zero-order valence-electron chi connectivity index (χ0n) is 46.7. The smallest absolute Gasteiger partial charge is 0.315 e. The van der Waals surface area contributed by atoms with Gasteiger partial charge in [-0.3, -0.25) is 0 Å². The molecule has 2 aliphatic carbocycles. The van der Waals surface area contributed by atoms with Crippen LogP contribution in [0.15, 0.2) is 80.1 Å². The van der Waals surface area contributed by atoms with E-state index in [1.54, 1.807) is 0 Å². The maximum atomic E-state index is 13.5. The summed E-state index contributed by atoms with van der Waals surface area (Å²) >= 11 is 0. The van der Waals surface area contributed by atoms with Crippen molar-refractivity contribution in [2.45, 2.75) is 174 Å². The number of aromatic amines is 1. The molecular formula is C62H80N9O7+. The Morgan fingerprint density at radius 3 is 2.01 bits per heavy atom. The number of aromatic nitrogens is 2. The predicted octanol–water partition coefficient (Wildman–Crippen LogP) is 11.3. The molecule has 11 rings (SSSR count). The van der Waals surface area contributed by atoms with E-state index < -0.39 is 0 Å². The van der Waals surface area contributed by atoms with Crippen LogP contribution in [-0.2, 0) is 24.0 Å². The van der Waals surface area contributed by atoms with E-state index in [0.29, 0.717) is 13.0 Å². The number of carbonyl (C=O) groups is 3. The number of benzene rings is 3. The molecule has 5 unspecified atom stereocenters. The first kappa shape index (κ1) is 53.2. The topological polar surface area (TPSA) is 195 Å². The van der Waals surface area contributed by atoms with Crippen molar-refractivity contribution >= 4 is 51.0 Å². The number of urea groups is 3. The van der Waals surface area contributed by atoms with Gasteiger partial charge in [-0.15, -0.1) is 0 Å². The largest absolute Gasteiger partial charge is 0.459 e. The molecule has 6 amide bonds. The van der Waals surface area contributed by atoms with Crippen LogP contribution < -0.4 is 36.6 Å². The van der Waals surface area contributed by atoms with Crippen molar-refractivity contribution in [3.63, 3.8) is 0 Å². The number of aryl methyl sites for hydroxylation is 5. The quantitative estimate of drug-likeness (QED) is 0.0493. The normalized spacial score (nSPS) is 20.0. The van der Waals surface area contributed by atoms with Crippen LogP contribution in [0.5, 0.6) is 0 Å². The summed E-state index contributed by atoms with van der Waals surface area (Å²) in [5.41, 5.74) is 10.0. The highest BCUT2D eigenvalue weighted by atomic mass is 16.5. The first-order valence-electron chi connectivity index (χ1n) is 28.9. The van der Waals surface area contributed by atoms with Crippen LogP contribution in [0.2, 0.25) is 0 Å². The highest BCUT2D eigenvalue weighted by Crippen LogP contribution is 2.40. The average Bonchev–Trinajstić information content (AvgIpc) is 4.31. The van der Waals surface area contributed by atoms with Crippen molar-refractivity contribution in [3.8, 4) is 5.69 Å². The molecule has 3 fully saturated rings. The number of hydrogen-bond acceptors (Lipinski definition) is 8. The van der Waals surface area contributed by atoms with E-state index in [-0.39, 0.29) is 65.9 Å². The van der Waals surface area contributed by atoms with Gasteiger partial charge in [0.25, 0.3) is 0 Å². The standard InChI is InChI=1S/C62H79N9O7/c1-36(2)55(58-39(5)48-14-8-9-15-52(48)76-58)68-61(74)66-45-18-17-43-35-71(69-51(43)32-45)47-19-21-50-38(4)57(78-54(50)33-47)41(7)63-59(72)65-44-22-28-70(29-23-44)27-12-13-42-16-20-49-37(3)56(77-53(49)31-42)40(6)64-60(73)67-46-24-30-75-62(34-46)25-10-11-26-62/h8-9,14-16,19-21,31,33,35-36,40-41,44-46,55H,10-13,17-18,22-30,32,34H2,1-7H3,(H6,63,64,65,66,67,68,72,73,74)/p+1. The van der Waals surface area contributed by atoms with Gasteiger partial charge < -0.3 is 54.8 Å². The molecule has 2 saturated heterocycles. The lowest BCUT2D eigenvalue weighted by atomic mass is 9.89. The third-order valence-electron chi connectivity index (χ3n) is 17.6. The van der Waals surface area contributed by atoms with Crippen LogP contribution in [0.25, 0.3) is 38.6 Å². The number of nitrogens with zero attached hydrogens (tertiary/aromatic N) is 2. The second-order valence-corrected chi connectivity index (χ2v) is 23.5. The number of nitrogens with one attached hydrogen (secondary N) is 7. The zero-order chi connectivity index (χ0) is 54.2. The van der Waals surface area contributed by atoms with Crippen LogP contribution in [0.3, 0.4) is 0 Å². The summed E-state index contributed by atoms with van der Waals surface area (Å²) in [6.07, 6.45) is 14.6. The highest BCUT2D eigenvalue weighted by Gasteiger charge is 2.40. The van der Waals surface area contributed by atoms with Crippen LogP contribution in [0.4, 0.5) is 14.4 Å². The summed E-state index contributed by atoms with van der Waals surface area (Å²) in [6.45, 7) is 17.9. The molecule has 7 N–H and O–H groups in total. The van der Waals surface area contributed by atoms with Gasteiger partial charge in [-0.25, -0.2) is 14.4 Å². The minimum Gasteiger partial charge on any atom is -0.459 e. The molecule has 6 heterocycles. The van der Waals surface area contributed by atoms with Crippen molar-refractivity contribution < 1.29 is 37.1 Å². The third kappa shape index (κ3) is 11.4. The highest BCUT2D eigenvalue weighted by molar-refractivity contribution is 5.85. The maximum Gasteiger partial charge on any atom is 0.315 e. The van der Waals surface area contributed by atoms with Gasteiger partial charge >= 0.3 is 18.1 Å². The Morgan fingerprint density at radius 1 is 0.692 bits per heavy atom. The van der Waals surface area contributed by atoms with Crippen molar-refractivity contribution in [1.29, 1.82) is 0 Å². The SMILES string of the molecule is Cc1c(C(C)NC(=O)NC2CCN(CCCc3ccc4c(C)c(C(C)NC(=O)NC5CCOC6(CCCC6)C5)oc4c3)CC2)oc2cc(-[n+]3cc4c([nH]3)CC(NC(=O)NC(c3oc5ccccc5c3C)C(C)C)CC4)ccc12. The summed E-state index contributed by atoms with van der Waals surface area (Å²) < 4.78 is 27.4. The average molecular weight is 1060 g/mol. The van der Waals surface area contributed by atoms with Gasteiger partial charge in [0.2, 0.25) is 11.9 Å². The number of ether oxygens (including phenoxy) is 1. The monoisotopic (exact) mass is 1060 g/mol. The number of piperidine rings is 1. The van der Waals surface area contributed by atoms with Crippen LogP contribution >= 0.6 is 0 Å². The fraction of sp³-hybridized carbons (Fsp3) is 0.516. The second kappa shape index (κ2) is 22.5. The molecule has 3 aromatic carbocycles. The van der Waals surface area contributed by atoms with E-state index in [4.69, 9.17) is 18.0 Å². The van der Waals surface area contributed by atoms with Crippen LogP contribution in [0, 0.1) is 26.7 Å². The lowest BCUT2D eigenvalue weighted by molar-refractivity contribution is -0.655. The molecule has 78 heavy (non-hydrogen) atoms. The van der Waals surface area contributed by atoms with Crippen molar-refractivity contribution in [1.82, 2.24) is 41.9 Å². The Hall–Kier alpha value is -6.78. The second-order valence-electron chi connectivity index (χ2n) is 23.5. The first-order valence-corrected chi connectivity index (χ1v) is 28.9. The summed E-state index contributed by atoms with van der Waals surface area (Å²) in [5, 5.41) is 26.0. The lowest BCUT2D eigenvalue weighted by Crippen LogP contribution is -2.50. The molecule has 4 aromatic heterocycles. The van der Waals surface area contributed by atoms with E-state index in [1.165, 1.54) is 24.0 Å². The van der Waals surface area contributed by atoms with Gasteiger partial charge in [0.05, 0.1) is 35.5 Å². The van der Waals surface area contributed by atoms with E-state index in [1.807, 2.05) is 49.7 Å². The minimum absolute atomic E-state index is 0.0210. The molecular weight excluding hydrogens is 983 g/mol. The van der Waals surface area contributed by atoms with E-state index in [9.17, 15) is 14.4 Å². The first-order chi connectivity index (χ1) is 37.7. The number of likely N-dealkylation sites (tertiary alicyclic amines) is 1. The molecule has 1 saturated carbocycles. The maximum absolute atomic E-state index is 13.5. The summed E-state index contributed by atoms with van der Waals surface area (Å²) in [7, 11) is 0. The molecule has 16 heteroatoms. The van der Waals surface area contributed by atoms with Crippen molar-refractivity contribution in [3.05, 3.63) is 118 Å². The Labute approximate surface area is 457 Å². The fourth-order valence-electron chi connectivity index (χ4n) is 13.2. The molecule has 414 valence electrons. The lowest BCUT2D eigenvalue weighted by Gasteiger charge is -2.38. The summed E-state index contributed by atoms with van der Waals surface area (Å²) in [5.74, 6) is 2.47. The third-order valence-corrected chi connectivity index (χ3v) is 17.6. The van der Waals surface area contributed by atoms with Crippen LogP contribution in [-0.4, -0.2) is 78.1 Å².